The Bertz CT molecular complexity index is 766. The van der Waals surface area contributed by atoms with Gasteiger partial charge in [0, 0.05) is 37.2 Å². The number of ether oxygens (including phenoxy) is 1. The normalized spacial score (nSPS) is 25.0. The maximum Gasteiger partial charge on any atom is 0.244 e. The molecule has 0 bridgehead atoms. The Morgan fingerprint density at radius 2 is 2.12 bits per heavy atom. The predicted octanol–water partition coefficient (Wildman–Crippen LogP) is 2.74. The second-order valence-corrected chi connectivity index (χ2v) is 7.31. The number of nitrogens with zero attached hydrogens (tertiary/aromatic N) is 3. The molecule has 0 saturated carbocycles. The van der Waals surface area contributed by atoms with E-state index < -0.39 is 6.10 Å². The van der Waals surface area contributed by atoms with Crippen LogP contribution in [0.15, 0.2) is 22.7 Å². The fourth-order valence-corrected chi connectivity index (χ4v) is 4.05. The number of halogens is 2. The summed E-state index contributed by atoms with van der Waals surface area (Å²) in [6, 6.07) is 4.54. The predicted molar refractivity (Wildman–Crippen MR) is 92.4 cm³/mol. The van der Waals surface area contributed by atoms with E-state index in [4.69, 9.17) is 20.9 Å². The summed E-state index contributed by atoms with van der Waals surface area (Å²) in [7, 11) is 0. The molecule has 2 atom stereocenters. The number of benzene rings is 1. The first-order valence-corrected chi connectivity index (χ1v) is 9.26. The molecule has 8 heteroatoms. The van der Waals surface area contributed by atoms with Gasteiger partial charge in [-0.15, -0.1) is 0 Å². The smallest absolute Gasteiger partial charge is 0.244 e. The van der Waals surface area contributed by atoms with E-state index in [2.05, 4.69) is 15.0 Å². The zero-order chi connectivity index (χ0) is 18.1. The van der Waals surface area contributed by atoms with E-state index >= 15 is 0 Å². The molecule has 140 valence electrons. The van der Waals surface area contributed by atoms with Gasteiger partial charge in [0.25, 0.3) is 0 Å². The maximum absolute atomic E-state index is 13.2. The Labute approximate surface area is 155 Å². The standard InChI is InChI=1S/C18H21ClFN3O3/c19-15-8-12(20)2-1-11(15)7-17-21-18(26-22-17)16-9-14(24)10-23(16)13-3-5-25-6-4-13/h1-2,8,13-14,16,24H,3-7,9-10H2/t14-,16+/m1/s1. The second-order valence-electron chi connectivity index (χ2n) is 6.91. The molecule has 2 aliphatic rings. The van der Waals surface area contributed by atoms with Gasteiger partial charge in [0.1, 0.15) is 5.82 Å². The van der Waals surface area contributed by atoms with Gasteiger partial charge < -0.3 is 14.4 Å². The van der Waals surface area contributed by atoms with Crippen molar-refractivity contribution in [2.75, 3.05) is 19.8 Å². The van der Waals surface area contributed by atoms with Crippen molar-refractivity contribution in [1.82, 2.24) is 15.0 Å². The lowest BCUT2D eigenvalue weighted by Crippen LogP contribution is -2.39. The van der Waals surface area contributed by atoms with Crippen LogP contribution in [0.25, 0.3) is 0 Å². The molecular weight excluding hydrogens is 361 g/mol. The van der Waals surface area contributed by atoms with Crippen molar-refractivity contribution in [3.05, 3.63) is 46.3 Å². The van der Waals surface area contributed by atoms with Gasteiger partial charge in [-0.05, 0) is 37.0 Å². The summed E-state index contributed by atoms with van der Waals surface area (Å²) in [5.41, 5.74) is 0.744. The highest BCUT2D eigenvalue weighted by atomic mass is 35.5. The summed E-state index contributed by atoms with van der Waals surface area (Å²) in [5, 5.41) is 14.5. The second kappa shape index (κ2) is 7.60. The zero-order valence-corrected chi connectivity index (χ0v) is 15.0. The number of rotatable bonds is 4. The van der Waals surface area contributed by atoms with Crippen LogP contribution in [-0.2, 0) is 11.2 Å². The van der Waals surface area contributed by atoms with Crippen LogP contribution >= 0.6 is 11.6 Å². The monoisotopic (exact) mass is 381 g/mol. The molecule has 26 heavy (non-hydrogen) atoms. The summed E-state index contributed by atoms with van der Waals surface area (Å²) in [4.78, 5) is 6.78. The van der Waals surface area contributed by atoms with Gasteiger partial charge in [-0.1, -0.05) is 22.8 Å². The molecular formula is C18H21ClFN3O3. The van der Waals surface area contributed by atoms with Gasteiger partial charge in [0.05, 0.1) is 12.1 Å². The Balaban J connectivity index is 1.50. The highest BCUT2D eigenvalue weighted by Gasteiger charge is 2.40. The number of hydrogen-bond donors (Lipinski definition) is 1. The van der Waals surface area contributed by atoms with Crippen molar-refractivity contribution in [2.45, 2.75) is 43.9 Å². The first-order valence-electron chi connectivity index (χ1n) is 8.88. The van der Waals surface area contributed by atoms with Gasteiger partial charge in [-0.3, -0.25) is 4.90 Å². The van der Waals surface area contributed by atoms with Gasteiger partial charge >= 0.3 is 0 Å². The van der Waals surface area contributed by atoms with E-state index in [1.807, 2.05) is 0 Å². The molecule has 2 saturated heterocycles. The number of likely N-dealkylation sites (tertiary alicyclic amines) is 1. The lowest BCUT2D eigenvalue weighted by Gasteiger charge is -2.33. The summed E-state index contributed by atoms with van der Waals surface area (Å²) in [6.07, 6.45) is 2.43. The topological polar surface area (TPSA) is 71.6 Å². The van der Waals surface area contributed by atoms with Crippen LogP contribution in [0.4, 0.5) is 4.39 Å². The third kappa shape index (κ3) is 3.76. The molecule has 1 aromatic heterocycles. The van der Waals surface area contributed by atoms with Crippen molar-refractivity contribution in [3.8, 4) is 0 Å². The average Bonchev–Trinajstić information content (AvgIpc) is 3.24. The minimum atomic E-state index is -0.398. The van der Waals surface area contributed by atoms with Gasteiger partial charge in [-0.2, -0.15) is 4.98 Å². The molecule has 0 amide bonds. The lowest BCUT2D eigenvalue weighted by atomic mass is 10.1. The van der Waals surface area contributed by atoms with E-state index in [-0.39, 0.29) is 11.9 Å². The van der Waals surface area contributed by atoms with Crippen LogP contribution in [0.1, 0.15) is 42.6 Å². The van der Waals surface area contributed by atoms with E-state index in [1.54, 1.807) is 6.07 Å². The Kier molecular flexibility index (Phi) is 5.22. The summed E-state index contributed by atoms with van der Waals surface area (Å²) >= 11 is 6.08. The average molecular weight is 382 g/mol. The lowest BCUT2D eigenvalue weighted by molar-refractivity contribution is 0.0214. The van der Waals surface area contributed by atoms with Crippen LogP contribution in [0, 0.1) is 5.82 Å². The number of aliphatic hydroxyl groups excluding tert-OH is 1. The minimum Gasteiger partial charge on any atom is -0.392 e. The van der Waals surface area contributed by atoms with Crippen molar-refractivity contribution < 1.29 is 18.8 Å². The highest BCUT2D eigenvalue weighted by Crippen LogP contribution is 2.35. The van der Waals surface area contributed by atoms with E-state index in [9.17, 15) is 9.50 Å². The van der Waals surface area contributed by atoms with Crippen molar-refractivity contribution >= 4 is 11.6 Å². The van der Waals surface area contributed by atoms with Gasteiger partial charge in [0.15, 0.2) is 5.82 Å². The van der Waals surface area contributed by atoms with Crippen LogP contribution in [0.3, 0.4) is 0 Å². The zero-order valence-electron chi connectivity index (χ0n) is 14.3. The first kappa shape index (κ1) is 17.9. The van der Waals surface area contributed by atoms with Gasteiger partial charge in [-0.25, -0.2) is 4.39 Å². The largest absolute Gasteiger partial charge is 0.392 e. The van der Waals surface area contributed by atoms with E-state index in [1.165, 1.54) is 12.1 Å². The van der Waals surface area contributed by atoms with Crippen LogP contribution < -0.4 is 0 Å². The van der Waals surface area contributed by atoms with Crippen molar-refractivity contribution in [1.29, 1.82) is 0 Å². The number of aromatic nitrogens is 2. The molecule has 2 aromatic rings. The molecule has 3 heterocycles. The Morgan fingerprint density at radius 3 is 2.88 bits per heavy atom. The fourth-order valence-electron chi connectivity index (χ4n) is 3.81. The van der Waals surface area contributed by atoms with Crippen molar-refractivity contribution in [3.63, 3.8) is 0 Å². The maximum atomic E-state index is 13.2. The minimum absolute atomic E-state index is 0.0851. The number of β-amino-alcohol motifs (C(OH)–C–C–N with tert-alkyl or cyclic N) is 1. The molecule has 1 aromatic carbocycles. The molecule has 2 fully saturated rings. The Hall–Kier alpha value is -1.54. The van der Waals surface area contributed by atoms with Crippen LogP contribution in [-0.4, -0.2) is 52.1 Å². The summed E-state index contributed by atoms with van der Waals surface area (Å²) in [5.74, 6) is 0.641. The molecule has 4 rings (SSSR count). The van der Waals surface area contributed by atoms with Gasteiger partial charge in [0.2, 0.25) is 5.89 Å². The van der Waals surface area contributed by atoms with Crippen LogP contribution in [0.2, 0.25) is 5.02 Å². The van der Waals surface area contributed by atoms with Crippen molar-refractivity contribution in [2.24, 2.45) is 0 Å². The van der Waals surface area contributed by atoms with Crippen LogP contribution in [0.5, 0.6) is 0 Å². The summed E-state index contributed by atoms with van der Waals surface area (Å²) < 4.78 is 24.1. The molecule has 0 aliphatic carbocycles. The molecule has 0 spiro atoms. The third-order valence-electron chi connectivity index (χ3n) is 5.11. The molecule has 6 nitrogen and oxygen atoms in total. The fraction of sp³-hybridized carbons (Fsp3) is 0.556. The molecule has 0 radical (unpaired) electrons. The molecule has 1 N–H and O–H groups in total. The number of hydrogen-bond acceptors (Lipinski definition) is 6. The quantitative estimate of drug-likeness (QED) is 0.878. The summed E-state index contributed by atoms with van der Waals surface area (Å²) in [6.45, 7) is 2.08. The SMILES string of the molecule is O[C@@H]1C[C@@H](c2nc(Cc3ccc(F)cc3Cl)no2)N(C2CCOCC2)C1. The van der Waals surface area contributed by atoms with E-state index in [0.29, 0.717) is 42.2 Å². The van der Waals surface area contributed by atoms with E-state index in [0.717, 1.165) is 31.6 Å². The Morgan fingerprint density at radius 1 is 1.31 bits per heavy atom. The third-order valence-corrected chi connectivity index (χ3v) is 5.46. The highest BCUT2D eigenvalue weighted by molar-refractivity contribution is 6.31. The molecule has 2 aliphatic heterocycles. The number of aliphatic hydroxyl groups is 1. The molecule has 0 unspecified atom stereocenters. The first-order chi connectivity index (χ1) is 12.6.